The van der Waals surface area contributed by atoms with Gasteiger partial charge in [0.1, 0.15) is 0 Å². The third kappa shape index (κ3) is 5.18. The minimum absolute atomic E-state index is 0.0780. The number of carbonyl (C=O) groups excluding carboxylic acids is 1. The second kappa shape index (κ2) is 4.94. The summed E-state index contributed by atoms with van der Waals surface area (Å²) in [6.45, 7) is 0.846. The molecule has 0 saturated carbocycles. The van der Waals surface area contributed by atoms with Crippen LogP contribution < -0.4 is 5.32 Å². The van der Waals surface area contributed by atoms with Gasteiger partial charge in [-0.1, -0.05) is 18.2 Å². The van der Waals surface area contributed by atoms with Gasteiger partial charge in [0.2, 0.25) is 5.91 Å². The van der Waals surface area contributed by atoms with E-state index in [0.29, 0.717) is 6.42 Å². The van der Waals surface area contributed by atoms with Crippen LogP contribution in [0, 0.1) is 0 Å². The Labute approximate surface area is 91.3 Å². The van der Waals surface area contributed by atoms with Crippen molar-refractivity contribution in [3.05, 3.63) is 30.3 Å². The molecule has 15 heavy (non-hydrogen) atoms. The van der Waals surface area contributed by atoms with Crippen molar-refractivity contribution in [2.75, 3.05) is 33.0 Å². The van der Waals surface area contributed by atoms with E-state index in [1.807, 2.05) is 30.3 Å². The lowest BCUT2D eigenvalue weighted by atomic mass is 10.3. The maximum absolute atomic E-state index is 11.5. The molecule has 0 bridgehead atoms. The van der Waals surface area contributed by atoms with Crippen molar-refractivity contribution in [1.29, 1.82) is 0 Å². The van der Waals surface area contributed by atoms with Gasteiger partial charge in [-0.2, -0.15) is 0 Å². The lowest BCUT2D eigenvalue weighted by molar-refractivity contribution is -0.869. The molecule has 0 radical (unpaired) electrons. The van der Waals surface area contributed by atoms with E-state index < -0.39 is 0 Å². The van der Waals surface area contributed by atoms with Crippen LogP contribution in [0.2, 0.25) is 0 Å². The third-order valence-corrected chi connectivity index (χ3v) is 2.07. The Kier molecular flexibility index (Phi) is 3.86. The highest BCUT2D eigenvalue weighted by Gasteiger charge is 2.10. The van der Waals surface area contributed by atoms with E-state index in [9.17, 15) is 4.79 Å². The van der Waals surface area contributed by atoms with E-state index in [1.165, 1.54) is 0 Å². The van der Waals surface area contributed by atoms with Crippen molar-refractivity contribution in [1.82, 2.24) is 0 Å². The molecule has 0 unspecified atom stereocenters. The van der Waals surface area contributed by atoms with E-state index in [2.05, 4.69) is 26.5 Å². The molecule has 0 saturated heterocycles. The number of rotatable bonds is 4. The van der Waals surface area contributed by atoms with Crippen LogP contribution >= 0.6 is 0 Å². The number of hydrogen-bond acceptors (Lipinski definition) is 1. The van der Waals surface area contributed by atoms with Gasteiger partial charge >= 0.3 is 0 Å². The average molecular weight is 207 g/mol. The Hall–Kier alpha value is -1.35. The molecule has 1 amide bonds. The molecule has 0 aliphatic carbocycles. The molecule has 1 rings (SSSR count). The van der Waals surface area contributed by atoms with Crippen LogP contribution in [0.25, 0.3) is 0 Å². The first kappa shape index (κ1) is 11.7. The van der Waals surface area contributed by atoms with Crippen LogP contribution in [-0.2, 0) is 4.79 Å². The number of hydrogen-bond donors (Lipinski definition) is 1. The van der Waals surface area contributed by atoms with E-state index in [-0.39, 0.29) is 5.91 Å². The fourth-order valence-corrected chi connectivity index (χ4v) is 1.18. The Bertz CT molecular complexity index is 314. The molecule has 0 aliphatic rings. The van der Waals surface area contributed by atoms with E-state index in [0.717, 1.165) is 16.7 Å². The van der Waals surface area contributed by atoms with Gasteiger partial charge in [-0.3, -0.25) is 4.79 Å². The van der Waals surface area contributed by atoms with Crippen molar-refractivity contribution in [2.45, 2.75) is 6.42 Å². The van der Waals surface area contributed by atoms with Gasteiger partial charge in [0.25, 0.3) is 0 Å². The number of nitrogens with one attached hydrogen (secondary N) is 1. The molecule has 1 N–H and O–H groups in total. The van der Waals surface area contributed by atoms with Gasteiger partial charge in [-0.05, 0) is 12.1 Å². The molecule has 0 aromatic heterocycles. The number of nitrogens with zero attached hydrogens (tertiary/aromatic N) is 1. The van der Waals surface area contributed by atoms with Crippen LogP contribution in [0.3, 0.4) is 0 Å². The first-order valence-corrected chi connectivity index (χ1v) is 5.13. The van der Waals surface area contributed by atoms with Crippen LogP contribution in [0.4, 0.5) is 5.69 Å². The minimum Gasteiger partial charge on any atom is -0.330 e. The number of quaternary nitrogens is 1. The van der Waals surface area contributed by atoms with E-state index in [1.54, 1.807) is 0 Å². The topological polar surface area (TPSA) is 29.1 Å². The van der Waals surface area contributed by atoms with Crippen LogP contribution in [0.1, 0.15) is 6.42 Å². The third-order valence-electron chi connectivity index (χ3n) is 2.07. The highest BCUT2D eigenvalue weighted by atomic mass is 16.1. The first-order chi connectivity index (χ1) is 6.97. The average Bonchev–Trinajstić information content (AvgIpc) is 2.15. The molecule has 0 heterocycles. The zero-order chi connectivity index (χ0) is 11.3. The molecule has 1 aromatic carbocycles. The largest absolute Gasteiger partial charge is 0.330 e. The van der Waals surface area contributed by atoms with E-state index in [4.69, 9.17) is 0 Å². The number of para-hydroxylation sites is 1. The van der Waals surface area contributed by atoms with Crippen molar-refractivity contribution >= 4 is 11.6 Å². The van der Waals surface area contributed by atoms with Crippen molar-refractivity contribution in [3.63, 3.8) is 0 Å². The highest BCUT2D eigenvalue weighted by Crippen LogP contribution is 2.05. The molecule has 1 aromatic rings. The quantitative estimate of drug-likeness (QED) is 0.748. The summed E-state index contributed by atoms with van der Waals surface area (Å²) in [6.07, 6.45) is 0.554. The molecule has 0 spiro atoms. The number of amides is 1. The second-order valence-corrected chi connectivity index (χ2v) is 4.68. The Morgan fingerprint density at radius 2 is 1.80 bits per heavy atom. The Balaban J connectivity index is 2.38. The monoisotopic (exact) mass is 207 g/mol. The van der Waals surface area contributed by atoms with Crippen LogP contribution in [0.5, 0.6) is 0 Å². The summed E-state index contributed by atoms with van der Waals surface area (Å²) in [4.78, 5) is 11.5. The van der Waals surface area contributed by atoms with Crippen molar-refractivity contribution < 1.29 is 9.28 Å². The van der Waals surface area contributed by atoms with Crippen molar-refractivity contribution in [3.8, 4) is 0 Å². The zero-order valence-electron chi connectivity index (χ0n) is 9.66. The van der Waals surface area contributed by atoms with E-state index >= 15 is 0 Å². The second-order valence-electron chi connectivity index (χ2n) is 4.68. The lowest BCUT2D eigenvalue weighted by Gasteiger charge is -2.23. The lowest BCUT2D eigenvalue weighted by Crippen LogP contribution is -2.37. The molecular formula is C12H19N2O+. The molecule has 3 nitrogen and oxygen atoms in total. The highest BCUT2D eigenvalue weighted by molar-refractivity contribution is 5.90. The smallest absolute Gasteiger partial charge is 0.230 e. The summed E-state index contributed by atoms with van der Waals surface area (Å²) in [5.41, 5.74) is 0.865. The van der Waals surface area contributed by atoms with Gasteiger partial charge in [0, 0.05) is 5.69 Å². The number of anilines is 1. The summed E-state index contributed by atoms with van der Waals surface area (Å²) < 4.78 is 0.808. The fraction of sp³-hybridized carbons (Fsp3) is 0.417. The maximum Gasteiger partial charge on any atom is 0.230 e. The SMILES string of the molecule is C[N+](C)(C)CCC(=O)Nc1ccccc1. The summed E-state index contributed by atoms with van der Waals surface area (Å²) in [5, 5.41) is 2.87. The number of carbonyl (C=O) groups is 1. The van der Waals surface area contributed by atoms with Crippen molar-refractivity contribution in [2.24, 2.45) is 0 Å². The molecule has 0 fully saturated rings. The molecule has 3 heteroatoms. The van der Waals surface area contributed by atoms with Crippen LogP contribution in [0.15, 0.2) is 30.3 Å². The van der Waals surface area contributed by atoms with Gasteiger partial charge in [-0.15, -0.1) is 0 Å². The Morgan fingerprint density at radius 3 is 2.33 bits per heavy atom. The normalized spacial score (nSPS) is 11.1. The molecule has 82 valence electrons. The van der Waals surface area contributed by atoms with Gasteiger partial charge < -0.3 is 9.80 Å². The summed E-state index contributed by atoms with van der Waals surface area (Å²) in [6, 6.07) is 9.54. The predicted octanol–water partition coefficient (Wildman–Crippen LogP) is 1.72. The van der Waals surface area contributed by atoms with Gasteiger partial charge in [0.05, 0.1) is 34.1 Å². The van der Waals surface area contributed by atoms with Crippen LogP contribution in [-0.4, -0.2) is 38.1 Å². The standard InChI is InChI=1S/C12H18N2O/c1-14(2,3)10-9-12(15)13-11-7-5-4-6-8-11/h4-8H,9-10H2,1-3H3/p+1. The predicted molar refractivity (Wildman–Crippen MR) is 62.6 cm³/mol. The summed E-state index contributed by atoms with van der Waals surface area (Å²) in [5.74, 6) is 0.0780. The van der Waals surface area contributed by atoms with Gasteiger partial charge in [-0.25, -0.2) is 0 Å². The summed E-state index contributed by atoms with van der Waals surface area (Å²) in [7, 11) is 6.24. The molecular weight excluding hydrogens is 188 g/mol. The van der Waals surface area contributed by atoms with Gasteiger partial charge in [0.15, 0.2) is 0 Å². The Morgan fingerprint density at radius 1 is 1.20 bits per heavy atom. The zero-order valence-corrected chi connectivity index (χ0v) is 9.66. The summed E-state index contributed by atoms with van der Waals surface area (Å²) >= 11 is 0. The molecule has 0 aliphatic heterocycles. The first-order valence-electron chi connectivity index (χ1n) is 5.13. The molecule has 0 atom stereocenters. The minimum atomic E-state index is 0.0780. The number of benzene rings is 1. The maximum atomic E-state index is 11.5. The fourth-order valence-electron chi connectivity index (χ4n) is 1.18.